The molecule has 10 heteroatoms. The number of methoxy groups -OCH3 is 1. The standard InChI is InChI=1S/C12H12F3NO.C5H8N2O3/c1-2-11(17)16-6-8-3-4-10(12(13,14)15)5-9(8)7-16;1-10-2-3-4(8)7-5(9)6-3/h3-5H,2,6-7H2,1H3;3H,2H2,1H3,(H2,6,7,8,9). The molecular formula is C17H20F3N3O4. The fourth-order valence-corrected chi connectivity index (χ4v) is 2.71. The van der Waals surface area contributed by atoms with Crippen LogP contribution in [0.5, 0.6) is 0 Å². The number of rotatable bonds is 3. The van der Waals surface area contributed by atoms with Gasteiger partial charge in [-0.05, 0) is 23.3 Å². The number of benzene rings is 1. The number of urea groups is 1. The van der Waals surface area contributed by atoms with Gasteiger partial charge in [0.25, 0.3) is 5.91 Å². The fraction of sp³-hybridized carbons (Fsp3) is 0.471. The van der Waals surface area contributed by atoms with Gasteiger partial charge in [-0.2, -0.15) is 13.2 Å². The molecule has 1 fully saturated rings. The van der Waals surface area contributed by atoms with Gasteiger partial charge < -0.3 is 15.0 Å². The summed E-state index contributed by atoms with van der Waals surface area (Å²) in [6, 6.07) is 2.70. The summed E-state index contributed by atoms with van der Waals surface area (Å²) in [5.41, 5.74) is 0.753. The Morgan fingerprint density at radius 3 is 2.44 bits per heavy atom. The first-order valence-corrected chi connectivity index (χ1v) is 8.22. The van der Waals surface area contributed by atoms with Crippen molar-refractivity contribution in [2.24, 2.45) is 0 Å². The lowest BCUT2D eigenvalue weighted by atomic mass is 10.1. The fourth-order valence-electron chi connectivity index (χ4n) is 2.71. The van der Waals surface area contributed by atoms with Gasteiger partial charge in [-0.15, -0.1) is 0 Å². The summed E-state index contributed by atoms with van der Waals surface area (Å²) in [5.74, 6) is -0.360. The van der Waals surface area contributed by atoms with Gasteiger partial charge in [-0.3, -0.25) is 14.9 Å². The minimum absolute atomic E-state index is 0.0326. The van der Waals surface area contributed by atoms with Gasteiger partial charge in [0.05, 0.1) is 12.2 Å². The van der Waals surface area contributed by atoms with E-state index in [4.69, 9.17) is 0 Å². The summed E-state index contributed by atoms with van der Waals surface area (Å²) < 4.78 is 42.2. The SMILES string of the molecule is CCC(=O)N1Cc2ccc(C(F)(F)F)cc2C1.COCC1NC(=O)NC1=O. The molecule has 1 aromatic rings. The molecule has 2 aliphatic rings. The van der Waals surface area contributed by atoms with Crippen LogP contribution in [0.4, 0.5) is 18.0 Å². The highest BCUT2D eigenvalue weighted by Gasteiger charge is 2.32. The predicted molar refractivity (Wildman–Crippen MR) is 88.3 cm³/mol. The number of hydrogen-bond acceptors (Lipinski definition) is 4. The molecule has 2 aliphatic heterocycles. The van der Waals surface area contributed by atoms with Gasteiger partial charge in [-0.25, -0.2) is 4.79 Å². The van der Waals surface area contributed by atoms with Crippen molar-refractivity contribution in [1.29, 1.82) is 0 Å². The van der Waals surface area contributed by atoms with E-state index in [9.17, 15) is 27.6 Å². The molecule has 0 saturated carbocycles. The first-order chi connectivity index (χ1) is 12.7. The summed E-state index contributed by atoms with van der Waals surface area (Å²) in [4.78, 5) is 34.2. The Bertz CT molecular complexity index is 737. The van der Waals surface area contributed by atoms with E-state index in [1.165, 1.54) is 13.2 Å². The number of imide groups is 1. The molecule has 7 nitrogen and oxygen atoms in total. The van der Waals surface area contributed by atoms with Crippen LogP contribution in [0.1, 0.15) is 30.0 Å². The molecule has 1 aromatic carbocycles. The predicted octanol–water partition coefficient (Wildman–Crippen LogP) is 1.80. The summed E-state index contributed by atoms with van der Waals surface area (Å²) in [6.07, 6.45) is -3.95. The number of hydrogen-bond donors (Lipinski definition) is 2. The van der Waals surface area contributed by atoms with Crippen molar-refractivity contribution < 1.29 is 32.3 Å². The number of carbonyl (C=O) groups is 3. The van der Waals surface area contributed by atoms with Crippen LogP contribution >= 0.6 is 0 Å². The minimum atomic E-state index is -4.32. The molecule has 3 rings (SSSR count). The Morgan fingerprint density at radius 1 is 1.26 bits per heavy atom. The molecule has 4 amide bonds. The Morgan fingerprint density at radius 2 is 1.93 bits per heavy atom. The van der Waals surface area contributed by atoms with Crippen molar-refractivity contribution in [3.63, 3.8) is 0 Å². The van der Waals surface area contributed by atoms with Crippen LogP contribution in [-0.2, 0) is 33.6 Å². The highest BCUT2D eigenvalue weighted by molar-refractivity contribution is 6.04. The number of carbonyl (C=O) groups excluding carboxylic acids is 3. The quantitative estimate of drug-likeness (QED) is 0.775. The Kier molecular flexibility index (Phi) is 6.42. The van der Waals surface area contributed by atoms with Gasteiger partial charge in [-0.1, -0.05) is 13.0 Å². The highest BCUT2D eigenvalue weighted by atomic mass is 19.4. The van der Waals surface area contributed by atoms with Crippen LogP contribution in [0.2, 0.25) is 0 Å². The maximum absolute atomic E-state index is 12.5. The van der Waals surface area contributed by atoms with E-state index in [0.717, 1.165) is 17.7 Å². The number of ether oxygens (including phenoxy) is 1. The Hall–Kier alpha value is -2.62. The van der Waals surface area contributed by atoms with Gasteiger partial charge in [0.1, 0.15) is 6.04 Å². The number of alkyl halides is 3. The molecule has 27 heavy (non-hydrogen) atoms. The Labute approximate surface area is 153 Å². The number of amides is 4. The summed E-state index contributed by atoms with van der Waals surface area (Å²) >= 11 is 0. The number of nitrogens with one attached hydrogen (secondary N) is 2. The molecule has 0 aliphatic carbocycles. The van der Waals surface area contributed by atoms with Crippen molar-refractivity contribution in [3.8, 4) is 0 Å². The third kappa shape index (κ3) is 5.19. The highest BCUT2D eigenvalue weighted by Crippen LogP contribution is 2.33. The Balaban J connectivity index is 0.000000223. The maximum atomic E-state index is 12.5. The van der Waals surface area contributed by atoms with Crippen LogP contribution in [0.3, 0.4) is 0 Å². The second kappa shape index (κ2) is 8.38. The topological polar surface area (TPSA) is 87.7 Å². The number of fused-ring (bicyclic) bond motifs is 1. The molecule has 0 spiro atoms. The number of halogens is 3. The average Bonchev–Trinajstić information content (AvgIpc) is 3.16. The lowest BCUT2D eigenvalue weighted by Gasteiger charge is -2.13. The first-order valence-electron chi connectivity index (χ1n) is 8.22. The smallest absolute Gasteiger partial charge is 0.382 e. The molecule has 2 N–H and O–H groups in total. The van der Waals surface area contributed by atoms with Gasteiger partial charge >= 0.3 is 12.2 Å². The normalized spacial score (nSPS) is 18.4. The van der Waals surface area contributed by atoms with E-state index >= 15 is 0 Å². The van der Waals surface area contributed by atoms with E-state index in [-0.39, 0.29) is 25.0 Å². The molecular weight excluding hydrogens is 367 g/mol. The lowest BCUT2D eigenvalue weighted by molar-refractivity contribution is -0.137. The largest absolute Gasteiger partial charge is 0.416 e. The van der Waals surface area contributed by atoms with E-state index in [2.05, 4.69) is 15.4 Å². The van der Waals surface area contributed by atoms with E-state index < -0.39 is 23.8 Å². The molecule has 148 valence electrons. The monoisotopic (exact) mass is 387 g/mol. The minimum Gasteiger partial charge on any atom is -0.382 e. The van der Waals surface area contributed by atoms with Gasteiger partial charge in [0.15, 0.2) is 0 Å². The molecule has 0 aromatic heterocycles. The molecule has 2 heterocycles. The summed E-state index contributed by atoms with van der Waals surface area (Å²) in [6.45, 7) is 2.66. The third-order valence-corrected chi connectivity index (χ3v) is 4.10. The zero-order valence-electron chi connectivity index (χ0n) is 14.9. The van der Waals surface area contributed by atoms with Gasteiger partial charge in [0.2, 0.25) is 5.91 Å². The van der Waals surface area contributed by atoms with Crippen molar-refractivity contribution in [1.82, 2.24) is 15.5 Å². The van der Waals surface area contributed by atoms with Crippen molar-refractivity contribution in [2.75, 3.05) is 13.7 Å². The second-order valence-corrected chi connectivity index (χ2v) is 6.06. The first kappa shape index (κ1) is 20.7. The van der Waals surface area contributed by atoms with E-state index in [0.29, 0.717) is 18.5 Å². The summed E-state index contributed by atoms with van der Waals surface area (Å²) in [5, 5.41) is 4.46. The molecule has 0 bridgehead atoms. The van der Waals surface area contributed by atoms with Crippen LogP contribution in [0.15, 0.2) is 18.2 Å². The molecule has 1 atom stereocenters. The average molecular weight is 387 g/mol. The second-order valence-electron chi connectivity index (χ2n) is 6.06. The van der Waals surface area contributed by atoms with Crippen LogP contribution < -0.4 is 10.6 Å². The van der Waals surface area contributed by atoms with E-state index in [1.54, 1.807) is 11.8 Å². The molecule has 0 radical (unpaired) electrons. The zero-order chi connectivity index (χ0) is 20.2. The molecule has 1 saturated heterocycles. The van der Waals surface area contributed by atoms with Crippen LogP contribution in [-0.4, -0.2) is 42.5 Å². The van der Waals surface area contributed by atoms with Crippen LogP contribution in [0.25, 0.3) is 0 Å². The molecule has 1 unspecified atom stereocenters. The van der Waals surface area contributed by atoms with Gasteiger partial charge in [0, 0.05) is 26.6 Å². The van der Waals surface area contributed by atoms with Crippen molar-refractivity contribution in [3.05, 3.63) is 34.9 Å². The maximum Gasteiger partial charge on any atom is 0.416 e. The lowest BCUT2D eigenvalue weighted by Crippen LogP contribution is -2.33. The van der Waals surface area contributed by atoms with Crippen LogP contribution in [0, 0.1) is 0 Å². The van der Waals surface area contributed by atoms with Crippen molar-refractivity contribution >= 4 is 17.8 Å². The van der Waals surface area contributed by atoms with E-state index in [1.807, 2.05) is 0 Å². The zero-order valence-corrected chi connectivity index (χ0v) is 14.9. The van der Waals surface area contributed by atoms with Crippen molar-refractivity contribution in [2.45, 2.75) is 38.7 Å². The summed E-state index contributed by atoms with van der Waals surface area (Å²) in [7, 11) is 1.47. The number of nitrogens with zero attached hydrogens (tertiary/aromatic N) is 1. The third-order valence-electron chi connectivity index (χ3n) is 4.10.